The first kappa shape index (κ1) is 16.5. The zero-order chi connectivity index (χ0) is 15.5. The Morgan fingerprint density at radius 1 is 1.43 bits per heavy atom. The lowest BCUT2D eigenvalue weighted by atomic mass is 9.91. The van der Waals surface area contributed by atoms with Crippen LogP contribution in [0.3, 0.4) is 0 Å². The van der Waals surface area contributed by atoms with E-state index in [0.29, 0.717) is 25.0 Å². The number of hydrogen-bond acceptors (Lipinski definition) is 4. The molecule has 1 N–H and O–H groups in total. The minimum absolute atomic E-state index is 0.356. The molecule has 1 aliphatic heterocycles. The summed E-state index contributed by atoms with van der Waals surface area (Å²) in [6, 6.07) is 0.356. The SMILES string of the molecule is CC[C@@H]1CN(S(C)(=O)=O)CC[C@@H]1NCc1nccn1CC. The molecule has 6 nitrogen and oxygen atoms in total. The third kappa shape index (κ3) is 4.05. The highest BCUT2D eigenvalue weighted by molar-refractivity contribution is 7.88. The van der Waals surface area contributed by atoms with E-state index < -0.39 is 10.0 Å². The van der Waals surface area contributed by atoms with Crippen LogP contribution in [-0.2, 0) is 23.1 Å². The van der Waals surface area contributed by atoms with Crippen LogP contribution in [0, 0.1) is 5.92 Å². The summed E-state index contributed by atoms with van der Waals surface area (Å²) < 4.78 is 27.1. The molecule has 1 fully saturated rings. The predicted molar refractivity (Wildman–Crippen MR) is 83.3 cm³/mol. The number of aryl methyl sites for hydroxylation is 1. The molecule has 0 unspecified atom stereocenters. The average Bonchev–Trinajstić information content (AvgIpc) is 2.91. The fraction of sp³-hybridized carbons (Fsp3) is 0.786. The van der Waals surface area contributed by atoms with Gasteiger partial charge < -0.3 is 9.88 Å². The molecule has 0 aromatic carbocycles. The molecule has 0 amide bonds. The summed E-state index contributed by atoms with van der Waals surface area (Å²) in [5.41, 5.74) is 0. The molecule has 1 aromatic heterocycles. The quantitative estimate of drug-likeness (QED) is 0.852. The molecule has 2 rings (SSSR count). The number of sulfonamides is 1. The maximum absolute atomic E-state index is 11.7. The van der Waals surface area contributed by atoms with Gasteiger partial charge in [0.15, 0.2) is 0 Å². The van der Waals surface area contributed by atoms with E-state index in [4.69, 9.17) is 0 Å². The van der Waals surface area contributed by atoms with Crippen molar-refractivity contribution in [2.75, 3.05) is 19.3 Å². The summed E-state index contributed by atoms with van der Waals surface area (Å²) in [6.07, 6.45) is 6.94. The number of imidazole rings is 1. The van der Waals surface area contributed by atoms with E-state index >= 15 is 0 Å². The summed E-state index contributed by atoms with van der Waals surface area (Å²) in [5, 5.41) is 3.57. The molecule has 0 radical (unpaired) electrons. The minimum Gasteiger partial charge on any atom is -0.334 e. The first-order chi connectivity index (χ1) is 9.95. The van der Waals surface area contributed by atoms with Gasteiger partial charge in [-0.1, -0.05) is 13.3 Å². The molecular formula is C14H26N4O2S. The minimum atomic E-state index is -3.07. The normalized spacial score (nSPS) is 24.3. The van der Waals surface area contributed by atoms with Gasteiger partial charge in [-0.25, -0.2) is 17.7 Å². The first-order valence-corrected chi connectivity index (χ1v) is 9.49. The van der Waals surface area contributed by atoms with Gasteiger partial charge in [0.25, 0.3) is 0 Å². The summed E-state index contributed by atoms with van der Waals surface area (Å²) in [7, 11) is -3.07. The van der Waals surface area contributed by atoms with Gasteiger partial charge in [-0.2, -0.15) is 0 Å². The van der Waals surface area contributed by atoms with Crippen LogP contribution in [0.1, 0.15) is 32.5 Å². The highest BCUT2D eigenvalue weighted by atomic mass is 32.2. The van der Waals surface area contributed by atoms with Crippen molar-refractivity contribution in [1.29, 1.82) is 0 Å². The zero-order valence-electron chi connectivity index (χ0n) is 13.1. The fourth-order valence-corrected chi connectivity index (χ4v) is 3.90. The lowest BCUT2D eigenvalue weighted by Crippen LogP contribution is -2.50. The molecule has 0 saturated carbocycles. The summed E-state index contributed by atoms with van der Waals surface area (Å²) in [6.45, 7) is 7.11. The highest BCUT2D eigenvalue weighted by Gasteiger charge is 2.31. The van der Waals surface area contributed by atoms with Gasteiger partial charge in [-0.3, -0.25) is 0 Å². The number of hydrogen-bond donors (Lipinski definition) is 1. The second-order valence-corrected chi connectivity index (χ2v) is 7.68. The monoisotopic (exact) mass is 314 g/mol. The summed E-state index contributed by atoms with van der Waals surface area (Å²) in [5.74, 6) is 1.40. The molecule has 120 valence electrons. The maximum Gasteiger partial charge on any atom is 0.211 e. The van der Waals surface area contributed by atoms with Crippen LogP contribution >= 0.6 is 0 Å². The molecule has 0 bridgehead atoms. The molecule has 1 saturated heterocycles. The van der Waals surface area contributed by atoms with E-state index in [1.165, 1.54) is 6.26 Å². The number of aromatic nitrogens is 2. The molecule has 7 heteroatoms. The van der Waals surface area contributed by atoms with Crippen LogP contribution in [0.5, 0.6) is 0 Å². The van der Waals surface area contributed by atoms with Gasteiger partial charge in [0.05, 0.1) is 12.8 Å². The van der Waals surface area contributed by atoms with Crippen LogP contribution in [0.25, 0.3) is 0 Å². The lowest BCUT2D eigenvalue weighted by molar-refractivity contribution is 0.200. The van der Waals surface area contributed by atoms with Crippen LogP contribution in [0.2, 0.25) is 0 Å². The molecule has 1 aliphatic rings. The first-order valence-electron chi connectivity index (χ1n) is 7.64. The molecule has 21 heavy (non-hydrogen) atoms. The fourth-order valence-electron chi connectivity index (χ4n) is 3.00. The zero-order valence-corrected chi connectivity index (χ0v) is 13.9. The highest BCUT2D eigenvalue weighted by Crippen LogP contribution is 2.22. The topological polar surface area (TPSA) is 67.2 Å². The predicted octanol–water partition coefficient (Wildman–Crippen LogP) is 1.05. The smallest absolute Gasteiger partial charge is 0.211 e. The van der Waals surface area contributed by atoms with Gasteiger partial charge in [0, 0.05) is 38.1 Å². The average molecular weight is 314 g/mol. The van der Waals surface area contributed by atoms with Crippen molar-refractivity contribution in [2.24, 2.45) is 5.92 Å². The van der Waals surface area contributed by atoms with Gasteiger partial charge >= 0.3 is 0 Å². The summed E-state index contributed by atoms with van der Waals surface area (Å²) in [4.78, 5) is 4.37. The van der Waals surface area contributed by atoms with Crippen molar-refractivity contribution in [3.8, 4) is 0 Å². The van der Waals surface area contributed by atoms with Crippen molar-refractivity contribution >= 4 is 10.0 Å². The molecule has 0 spiro atoms. The Kier molecular flexibility index (Phi) is 5.40. The third-order valence-electron chi connectivity index (χ3n) is 4.35. The molecule has 1 aromatic rings. The Balaban J connectivity index is 1.95. The van der Waals surface area contributed by atoms with E-state index in [-0.39, 0.29) is 0 Å². The van der Waals surface area contributed by atoms with Gasteiger partial charge in [-0.15, -0.1) is 0 Å². The standard InChI is InChI=1S/C14H26N4O2S/c1-4-12-11-18(21(3,19)20)8-6-13(12)16-10-14-15-7-9-17(14)5-2/h7,9,12-13,16H,4-6,8,10-11H2,1-3H3/t12-,13+/m1/s1. The Morgan fingerprint density at radius 3 is 2.81 bits per heavy atom. The Morgan fingerprint density at radius 2 is 2.19 bits per heavy atom. The van der Waals surface area contributed by atoms with Crippen molar-refractivity contribution < 1.29 is 8.42 Å². The molecular weight excluding hydrogens is 288 g/mol. The van der Waals surface area contributed by atoms with E-state index in [9.17, 15) is 8.42 Å². The van der Waals surface area contributed by atoms with E-state index in [1.54, 1.807) is 4.31 Å². The van der Waals surface area contributed by atoms with Crippen LogP contribution in [-0.4, -0.2) is 47.7 Å². The van der Waals surface area contributed by atoms with Crippen LogP contribution < -0.4 is 5.32 Å². The summed E-state index contributed by atoms with van der Waals surface area (Å²) >= 11 is 0. The molecule has 2 atom stereocenters. The van der Waals surface area contributed by atoms with Gasteiger partial charge in [0.2, 0.25) is 10.0 Å². The Bertz CT molecular complexity index is 555. The van der Waals surface area contributed by atoms with Crippen molar-refractivity contribution in [2.45, 2.75) is 45.8 Å². The molecule has 0 aliphatic carbocycles. The van der Waals surface area contributed by atoms with E-state index in [1.807, 2.05) is 12.4 Å². The third-order valence-corrected chi connectivity index (χ3v) is 5.62. The number of nitrogens with zero attached hydrogens (tertiary/aromatic N) is 3. The van der Waals surface area contributed by atoms with Crippen LogP contribution in [0.4, 0.5) is 0 Å². The Labute approximate surface area is 127 Å². The lowest BCUT2D eigenvalue weighted by Gasteiger charge is -2.37. The van der Waals surface area contributed by atoms with E-state index in [0.717, 1.165) is 31.8 Å². The second-order valence-electron chi connectivity index (χ2n) is 5.69. The molecule has 2 heterocycles. The van der Waals surface area contributed by atoms with Crippen molar-refractivity contribution in [3.63, 3.8) is 0 Å². The second kappa shape index (κ2) is 6.89. The van der Waals surface area contributed by atoms with Crippen molar-refractivity contribution in [3.05, 3.63) is 18.2 Å². The van der Waals surface area contributed by atoms with Gasteiger partial charge in [-0.05, 0) is 19.3 Å². The number of piperidine rings is 1. The Hall–Kier alpha value is -0.920. The number of rotatable bonds is 6. The largest absolute Gasteiger partial charge is 0.334 e. The van der Waals surface area contributed by atoms with Crippen molar-refractivity contribution in [1.82, 2.24) is 19.2 Å². The maximum atomic E-state index is 11.7. The van der Waals surface area contributed by atoms with Crippen LogP contribution in [0.15, 0.2) is 12.4 Å². The number of nitrogens with one attached hydrogen (secondary N) is 1. The van der Waals surface area contributed by atoms with E-state index in [2.05, 4.69) is 28.7 Å². The van der Waals surface area contributed by atoms with Gasteiger partial charge in [0.1, 0.15) is 5.82 Å².